The Balaban J connectivity index is 2.40. The quantitative estimate of drug-likeness (QED) is 0.699. The van der Waals surface area contributed by atoms with Crippen LogP contribution < -0.4 is 5.32 Å². The Bertz CT molecular complexity index is 291. The van der Waals surface area contributed by atoms with Crippen molar-refractivity contribution >= 4 is 11.7 Å². The molecule has 0 aliphatic carbocycles. The Labute approximate surface area is 102 Å². The Kier molecular flexibility index (Phi) is 5.08. The van der Waals surface area contributed by atoms with Gasteiger partial charge < -0.3 is 10.4 Å². The molecule has 1 amide bonds. The minimum absolute atomic E-state index is 0.0187. The smallest absolute Gasteiger partial charge is 0.234 e. The van der Waals surface area contributed by atoms with Crippen LogP contribution in [0.2, 0.25) is 0 Å². The van der Waals surface area contributed by atoms with E-state index < -0.39 is 6.04 Å². The lowest BCUT2D eigenvalue weighted by Gasteiger charge is -2.21. The summed E-state index contributed by atoms with van der Waals surface area (Å²) in [5.74, 6) is -0.0663. The van der Waals surface area contributed by atoms with E-state index in [1.807, 2.05) is 18.7 Å². The summed E-state index contributed by atoms with van der Waals surface area (Å²) in [4.78, 5) is 25.0. The zero-order valence-corrected chi connectivity index (χ0v) is 10.8. The lowest BCUT2D eigenvalue weighted by Crippen LogP contribution is -2.47. The van der Waals surface area contributed by atoms with Crippen LogP contribution in [0.4, 0.5) is 0 Å². The molecule has 0 aromatic carbocycles. The minimum atomic E-state index is -0.407. The number of amides is 1. The number of nitrogens with one attached hydrogen (secondary N) is 1. The minimum Gasteiger partial charge on any atom is -0.392 e. The van der Waals surface area contributed by atoms with Gasteiger partial charge in [0.25, 0.3) is 0 Å². The molecule has 1 rings (SSSR count). The molecule has 17 heavy (non-hydrogen) atoms. The molecule has 1 fully saturated rings. The van der Waals surface area contributed by atoms with Crippen molar-refractivity contribution in [3.05, 3.63) is 0 Å². The molecular formula is C12H22N2O3. The number of aliphatic hydroxyl groups is 1. The van der Waals surface area contributed by atoms with Gasteiger partial charge in [-0.05, 0) is 19.3 Å². The van der Waals surface area contributed by atoms with Gasteiger partial charge in [-0.25, -0.2) is 0 Å². The first-order valence-electron chi connectivity index (χ1n) is 6.10. The lowest BCUT2D eigenvalue weighted by molar-refractivity contribution is -0.128. The fraction of sp³-hybridized carbons (Fsp3) is 0.833. The first kappa shape index (κ1) is 14.1. The average molecular weight is 242 g/mol. The predicted molar refractivity (Wildman–Crippen MR) is 64.5 cm³/mol. The van der Waals surface area contributed by atoms with Gasteiger partial charge in [0.05, 0.1) is 18.7 Å². The largest absolute Gasteiger partial charge is 0.392 e. The maximum absolute atomic E-state index is 11.7. The second kappa shape index (κ2) is 6.12. The second-order valence-corrected chi connectivity index (χ2v) is 5.08. The van der Waals surface area contributed by atoms with Gasteiger partial charge in [0.1, 0.15) is 0 Å². The average Bonchev–Trinajstić information content (AvgIpc) is 2.59. The zero-order chi connectivity index (χ0) is 13.0. The fourth-order valence-electron chi connectivity index (χ4n) is 2.12. The highest BCUT2D eigenvalue weighted by Gasteiger charge is 2.25. The van der Waals surface area contributed by atoms with Crippen molar-refractivity contribution in [3.8, 4) is 0 Å². The number of Topliss-reactive ketones (excluding diaryl/α,β-unsaturated/α-hetero) is 1. The number of hydrogen-bond acceptors (Lipinski definition) is 4. The lowest BCUT2D eigenvalue weighted by atomic mass is 10.0. The van der Waals surface area contributed by atoms with E-state index in [-0.39, 0.29) is 30.3 Å². The zero-order valence-electron chi connectivity index (χ0n) is 10.8. The van der Waals surface area contributed by atoms with E-state index in [0.717, 1.165) is 6.54 Å². The molecule has 0 saturated carbocycles. The van der Waals surface area contributed by atoms with Crippen LogP contribution in [0.1, 0.15) is 27.2 Å². The van der Waals surface area contributed by atoms with Gasteiger partial charge in [-0.15, -0.1) is 0 Å². The van der Waals surface area contributed by atoms with Crippen LogP contribution >= 0.6 is 0 Å². The van der Waals surface area contributed by atoms with Crippen LogP contribution in [-0.2, 0) is 9.59 Å². The van der Waals surface area contributed by atoms with Gasteiger partial charge in [0.15, 0.2) is 5.78 Å². The SMILES string of the molecule is CC(=O)C(NC(=O)CN1CC[C@H](O)C1)C(C)C. The van der Waals surface area contributed by atoms with Gasteiger partial charge in [0, 0.05) is 13.1 Å². The van der Waals surface area contributed by atoms with Gasteiger partial charge in [0.2, 0.25) is 5.91 Å². The normalized spacial score (nSPS) is 22.8. The molecule has 1 aliphatic heterocycles. The number of rotatable bonds is 5. The van der Waals surface area contributed by atoms with E-state index in [2.05, 4.69) is 5.32 Å². The highest BCUT2D eigenvalue weighted by atomic mass is 16.3. The molecule has 0 aromatic heterocycles. The number of aliphatic hydroxyl groups excluding tert-OH is 1. The molecule has 0 bridgehead atoms. The molecule has 5 nitrogen and oxygen atoms in total. The van der Waals surface area contributed by atoms with E-state index in [9.17, 15) is 14.7 Å². The predicted octanol–water partition coefficient (Wildman–Crippen LogP) is -0.217. The Hall–Kier alpha value is -0.940. The van der Waals surface area contributed by atoms with Crippen LogP contribution in [0, 0.1) is 5.92 Å². The summed E-state index contributed by atoms with van der Waals surface area (Å²) < 4.78 is 0. The summed E-state index contributed by atoms with van der Waals surface area (Å²) in [5, 5.41) is 12.1. The number of β-amino-alcohol motifs (C(OH)–C–C–N with tert-alkyl or cyclic N) is 1. The van der Waals surface area contributed by atoms with Crippen molar-refractivity contribution in [1.82, 2.24) is 10.2 Å². The summed E-state index contributed by atoms with van der Waals surface area (Å²) in [5.41, 5.74) is 0. The number of carbonyl (C=O) groups excluding carboxylic acids is 2. The summed E-state index contributed by atoms with van der Waals surface area (Å²) in [7, 11) is 0. The molecule has 0 aromatic rings. The van der Waals surface area contributed by atoms with E-state index in [1.54, 1.807) is 0 Å². The third kappa shape index (κ3) is 4.44. The Morgan fingerprint density at radius 3 is 2.53 bits per heavy atom. The summed E-state index contributed by atoms with van der Waals surface area (Å²) >= 11 is 0. The first-order valence-corrected chi connectivity index (χ1v) is 6.10. The second-order valence-electron chi connectivity index (χ2n) is 5.08. The Morgan fingerprint density at radius 2 is 2.12 bits per heavy atom. The number of carbonyl (C=O) groups is 2. The van der Waals surface area contributed by atoms with E-state index in [4.69, 9.17) is 0 Å². The van der Waals surface area contributed by atoms with Gasteiger partial charge in [-0.3, -0.25) is 14.5 Å². The molecule has 2 N–H and O–H groups in total. The van der Waals surface area contributed by atoms with E-state index in [1.165, 1.54) is 6.92 Å². The molecular weight excluding hydrogens is 220 g/mol. The van der Waals surface area contributed by atoms with Gasteiger partial charge in [-0.2, -0.15) is 0 Å². The highest BCUT2D eigenvalue weighted by Crippen LogP contribution is 2.08. The molecule has 2 atom stereocenters. The van der Waals surface area contributed by atoms with E-state index in [0.29, 0.717) is 13.0 Å². The van der Waals surface area contributed by atoms with Crippen LogP contribution in [0.25, 0.3) is 0 Å². The van der Waals surface area contributed by atoms with Crippen LogP contribution in [-0.4, -0.2) is 53.5 Å². The maximum atomic E-state index is 11.7. The van der Waals surface area contributed by atoms with E-state index >= 15 is 0 Å². The van der Waals surface area contributed by atoms with Crippen molar-refractivity contribution < 1.29 is 14.7 Å². The molecule has 1 aliphatic rings. The van der Waals surface area contributed by atoms with Gasteiger partial charge >= 0.3 is 0 Å². The van der Waals surface area contributed by atoms with Crippen molar-refractivity contribution in [1.29, 1.82) is 0 Å². The van der Waals surface area contributed by atoms with Gasteiger partial charge in [-0.1, -0.05) is 13.8 Å². The molecule has 1 saturated heterocycles. The molecule has 5 heteroatoms. The number of likely N-dealkylation sites (tertiary alicyclic amines) is 1. The summed E-state index contributed by atoms with van der Waals surface area (Å²) in [6.45, 7) is 6.84. The fourth-order valence-corrected chi connectivity index (χ4v) is 2.12. The topological polar surface area (TPSA) is 69.6 Å². The number of nitrogens with zero attached hydrogens (tertiary/aromatic N) is 1. The molecule has 0 radical (unpaired) electrons. The monoisotopic (exact) mass is 242 g/mol. The third-order valence-corrected chi connectivity index (χ3v) is 3.04. The van der Waals surface area contributed by atoms with Crippen LogP contribution in [0.15, 0.2) is 0 Å². The summed E-state index contributed by atoms with van der Waals surface area (Å²) in [6, 6.07) is -0.407. The van der Waals surface area contributed by atoms with Crippen molar-refractivity contribution in [3.63, 3.8) is 0 Å². The summed E-state index contributed by atoms with van der Waals surface area (Å²) in [6.07, 6.45) is 0.393. The standard InChI is InChI=1S/C12H22N2O3/c1-8(2)12(9(3)15)13-11(17)7-14-5-4-10(16)6-14/h8,10,12,16H,4-7H2,1-3H3,(H,13,17)/t10-,12?/m0/s1. The van der Waals surface area contributed by atoms with Crippen LogP contribution in [0.5, 0.6) is 0 Å². The molecule has 98 valence electrons. The van der Waals surface area contributed by atoms with Crippen molar-refractivity contribution in [2.75, 3.05) is 19.6 Å². The molecule has 0 spiro atoms. The number of ketones is 1. The van der Waals surface area contributed by atoms with Crippen molar-refractivity contribution in [2.24, 2.45) is 5.92 Å². The molecule has 1 heterocycles. The third-order valence-electron chi connectivity index (χ3n) is 3.04. The highest BCUT2D eigenvalue weighted by molar-refractivity contribution is 5.88. The van der Waals surface area contributed by atoms with Crippen molar-refractivity contribution in [2.45, 2.75) is 39.3 Å². The van der Waals surface area contributed by atoms with Crippen LogP contribution in [0.3, 0.4) is 0 Å². The molecule has 1 unspecified atom stereocenters. The number of hydrogen-bond donors (Lipinski definition) is 2. The Morgan fingerprint density at radius 1 is 1.47 bits per heavy atom. The first-order chi connectivity index (χ1) is 7.90. The maximum Gasteiger partial charge on any atom is 0.234 e.